The van der Waals surface area contributed by atoms with Crippen LogP contribution in [0.15, 0.2) is 59.6 Å². The highest BCUT2D eigenvalue weighted by Crippen LogP contribution is 2.19. The molecule has 37 heavy (non-hydrogen) atoms. The number of benzene rings is 2. The topological polar surface area (TPSA) is 178 Å². The number of nitrogens with two attached hydrogens (primary N) is 3. The molecular formula is C27H39N7O3. The fourth-order valence-electron chi connectivity index (χ4n) is 3.66. The molecular weight excluding hydrogens is 470 g/mol. The molecule has 1 atom stereocenters. The number of Topliss-reactive ketones (excluding diaryl/α,β-unsaturated/α-hetero) is 1. The number of carbonyl (C=O) groups excluding carboxylic acids is 3. The molecule has 0 fully saturated rings. The van der Waals surface area contributed by atoms with Crippen LogP contribution in [0.3, 0.4) is 0 Å². The molecule has 0 heterocycles. The van der Waals surface area contributed by atoms with E-state index in [1.807, 2.05) is 42.5 Å². The molecule has 0 bridgehead atoms. The summed E-state index contributed by atoms with van der Waals surface area (Å²) in [7, 11) is 0. The molecule has 0 saturated heterocycles. The Hall–Kier alpha value is -3.76. The van der Waals surface area contributed by atoms with Gasteiger partial charge in [0.1, 0.15) is 6.04 Å². The number of nitrogens with zero attached hydrogens (tertiary/aromatic N) is 1. The van der Waals surface area contributed by atoms with Crippen LogP contribution in [0, 0.1) is 0 Å². The van der Waals surface area contributed by atoms with Crippen molar-refractivity contribution in [1.29, 1.82) is 0 Å². The smallest absolute Gasteiger partial charge is 0.242 e. The van der Waals surface area contributed by atoms with E-state index in [-0.39, 0.29) is 36.6 Å². The fraction of sp³-hybridized carbons (Fsp3) is 0.407. The molecule has 0 saturated carbocycles. The SMILES string of the molecule is NCCCC[C@H](NC(=O)CNCC(=O)c1ccc(-c2ccccc2)cc1)C(=O)NCCCCN=C(N)N. The van der Waals surface area contributed by atoms with Gasteiger partial charge in [0, 0.05) is 18.7 Å². The standard InChI is InChI=1S/C27H39N7O3/c28-15-5-4-10-23(26(37)32-16-6-7-17-33-27(29)30)34-25(36)19-31-18-24(35)22-13-11-21(12-14-22)20-8-2-1-3-9-20/h1-3,8-9,11-14,23,31H,4-7,10,15-19,28H2,(H,32,37)(H,34,36)(H4,29,30,33)/t23-/m0/s1. The fourth-order valence-corrected chi connectivity index (χ4v) is 3.66. The van der Waals surface area contributed by atoms with Gasteiger partial charge in [-0.15, -0.1) is 0 Å². The van der Waals surface area contributed by atoms with Gasteiger partial charge in [-0.1, -0.05) is 54.6 Å². The molecule has 0 aliphatic rings. The normalized spacial score (nSPS) is 11.4. The summed E-state index contributed by atoms with van der Waals surface area (Å²) in [6.07, 6.45) is 3.39. The van der Waals surface area contributed by atoms with Crippen LogP contribution in [-0.4, -0.2) is 62.3 Å². The molecule has 2 rings (SSSR count). The van der Waals surface area contributed by atoms with E-state index in [0.717, 1.165) is 24.0 Å². The largest absolute Gasteiger partial charge is 0.370 e. The van der Waals surface area contributed by atoms with Gasteiger partial charge in [-0.2, -0.15) is 0 Å². The zero-order valence-corrected chi connectivity index (χ0v) is 21.2. The quantitative estimate of drug-likeness (QED) is 0.0794. The van der Waals surface area contributed by atoms with Crippen molar-refractivity contribution >= 4 is 23.6 Å². The molecule has 0 spiro atoms. The summed E-state index contributed by atoms with van der Waals surface area (Å²) in [6, 6.07) is 16.6. The van der Waals surface area contributed by atoms with E-state index in [2.05, 4.69) is 20.9 Å². The van der Waals surface area contributed by atoms with Crippen LogP contribution >= 0.6 is 0 Å². The number of ketones is 1. The highest BCUT2D eigenvalue weighted by molar-refractivity contribution is 5.98. The predicted molar refractivity (Wildman–Crippen MR) is 147 cm³/mol. The zero-order chi connectivity index (χ0) is 26.9. The van der Waals surface area contributed by atoms with Gasteiger partial charge in [0.25, 0.3) is 0 Å². The summed E-state index contributed by atoms with van der Waals surface area (Å²) in [5.41, 5.74) is 18.8. The Labute approximate surface area is 218 Å². The summed E-state index contributed by atoms with van der Waals surface area (Å²) < 4.78 is 0. The van der Waals surface area contributed by atoms with Crippen molar-refractivity contribution in [2.75, 3.05) is 32.7 Å². The lowest BCUT2D eigenvalue weighted by Gasteiger charge is -2.18. The number of carbonyl (C=O) groups is 3. The summed E-state index contributed by atoms with van der Waals surface area (Å²) >= 11 is 0. The van der Waals surface area contributed by atoms with Crippen molar-refractivity contribution < 1.29 is 14.4 Å². The Kier molecular flexibility index (Phi) is 13.4. The molecule has 0 radical (unpaired) electrons. The number of hydrogen-bond donors (Lipinski definition) is 6. The van der Waals surface area contributed by atoms with E-state index in [0.29, 0.717) is 44.5 Å². The minimum atomic E-state index is -0.667. The first kappa shape index (κ1) is 29.5. The van der Waals surface area contributed by atoms with Crippen molar-refractivity contribution in [3.8, 4) is 11.1 Å². The van der Waals surface area contributed by atoms with Crippen LogP contribution in [0.25, 0.3) is 11.1 Å². The maximum Gasteiger partial charge on any atom is 0.242 e. The van der Waals surface area contributed by atoms with E-state index < -0.39 is 6.04 Å². The van der Waals surface area contributed by atoms with Gasteiger partial charge in [-0.25, -0.2) is 0 Å². The van der Waals surface area contributed by atoms with Crippen LogP contribution in [0.5, 0.6) is 0 Å². The monoisotopic (exact) mass is 509 g/mol. The molecule has 0 aliphatic heterocycles. The number of aliphatic imine (C=N–C) groups is 1. The van der Waals surface area contributed by atoms with Crippen LogP contribution in [0.4, 0.5) is 0 Å². The molecule has 0 aromatic heterocycles. The lowest BCUT2D eigenvalue weighted by molar-refractivity contribution is -0.128. The average molecular weight is 510 g/mol. The lowest BCUT2D eigenvalue weighted by Crippen LogP contribution is -2.49. The van der Waals surface area contributed by atoms with Gasteiger partial charge in [-0.05, 0) is 49.8 Å². The number of unbranched alkanes of at least 4 members (excludes halogenated alkanes) is 2. The maximum atomic E-state index is 12.6. The van der Waals surface area contributed by atoms with Crippen molar-refractivity contribution in [3.63, 3.8) is 0 Å². The van der Waals surface area contributed by atoms with Gasteiger partial charge in [0.2, 0.25) is 11.8 Å². The Bertz CT molecular complexity index is 1010. The van der Waals surface area contributed by atoms with Gasteiger partial charge >= 0.3 is 0 Å². The van der Waals surface area contributed by atoms with Gasteiger partial charge in [0.15, 0.2) is 11.7 Å². The Balaban J connectivity index is 1.77. The molecule has 2 aromatic carbocycles. The molecule has 2 aromatic rings. The maximum absolute atomic E-state index is 12.6. The Morgan fingerprint density at radius 2 is 1.54 bits per heavy atom. The second-order valence-electron chi connectivity index (χ2n) is 8.68. The molecule has 10 nitrogen and oxygen atoms in total. The van der Waals surface area contributed by atoms with Crippen molar-refractivity contribution in [3.05, 3.63) is 60.2 Å². The first-order valence-corrected chi connectivity index (χ1v) is 12.6. The van der Waals surface area contributed by atoms with E-state index in [1.54, 1.807) is 12.1 Å². The highest BCUT2D eigenvalue weighted by atomic mass is 16.2. The van der Waals surface area contributed by atoms with E-state index in [4.69, 9.17) is 17.2 Å². The molecule has 200 valence electrons. The first-order valence-electron chi connectivity index (χ1n) is 12.6. The average Bonchev–Trinajstić information content (AvgIpc) is 2.90. The third-order valence-electron chi connectivity index (χ3n) is 5.66. The Morgan fingerprint density at radius 1 is 0.838 bits per heavy atom. The molecule has 9 N–H and O–H groups in total. The highest BCUT2D eigenvalue weighted by Gasteiger charge is 2.20. The summed E-state index contributed by atoms with van der Waals surface area (Å²) in [6.45, 7) is 1.41. The van der Waals surface area contributed by atoms with Crippen LogP contribution in [-0.2, 0) is 9.59 Å². The van der Waals surface area contributed by atoms with Crippen LogP contribution in [0.2, 0.25) is 0 Å². The summed E-state index contributed by atoms with van der Waals surface area (Å²) in [5, 5.41) is 8.48. The summed E-state index contributed by atoms with van der Waals surface area (Å²) in [4.78, 5) is 41.5. The molecule has 10 heteroatoms. The van der Waals surface area contributed by atoms with Gasteiger partial charge in [0.05, 0.1) is 13.1 Å². The number of amides is 2. The van der Waals surface area contributed by atoms with E-state index in [1.165, 1.54) is 0 Å². The number of guanidine groups is 1. The molecule has 2 amide bonds. The van der Waals surface area contributed by atoms with Crippen LogP contribution in [0.1, 0.15) is 42.5 Å². The molecule has 0 unspecified atom stereocenters. The first-order chi connectivity index (χ1) is 17.9. The van der Waals surface area contributed by atoms with E-state index in [9.17, 15) is 14.4 Å². The van der Waals surface area contributed by atoms with Crippen molar-refractivity contribution in [2.24, 2.45) is 22.2 Å². The summed E-state index contributed by atoms with van der Waals surface area (Å²) in [5.74, 6) is -0.678. The molecule has 0 aliphatic carbocycles. The second kappa shape index (κ2) is 16.8. The number of rotatable bonds is 17. The number of hydrogen-bond acceptors (Lipinski definition) is 6. The second-order valence-corrected chi connectivity index (χ2v) is 8.68. The third-order valence-corrected chi connectivity index (χ3v) is 5.66. The zero-order valence-electron chi connectivity index (χ0n) is 21.2. The number of nitrogens with one attached hydrogen (secondary N) is 3. The minimum absolute atomic E-state index is 0.0118. The Morgan fingerprint density at radius 3 is 2.22 bits per heavy atom. The van der Waals surface area contributed by atoms with Crippen molar-refractivity contribution in [2.45, 2.75) is 38.1 Å². The lowest BCUT2D eigenvalue weighted by atomic mass is 10.0. The van der Waals surface area contributed by atoms with Gasteiger partial charge < -0.3 is 33.2 Å². The predicted octanol–water partition coefficient (Wildman–Crippen LogP) is 0.910. The van der Waals surface area contributed by atoms with Gasteiger partial charge in [-0.3, -0.25) is 19.4 Å². The van der Waals surface area contributed by atoms with Crippen molar-refractivity contribution in [1.82, 2.24) is 16.0 Å². The van der Waals surface area contributed by atoms with Crippen LogP contribution < -0.4 is 33.2 Å². The van der Waals surface area contributed by atoms with E-state index >= 15 is 0 Å². The third kappa shape index (κ3) is 11.7. The minimum Gasteiger partial charge on any atom is -0.370 e.